The van der Waals surface area contributed by atoms with Crippen LogP contribution in [0.5, 0.6) is 5.75 Å². The molecule has 2 nitrogen and oxygen atoms in total. The van der Waals surface area contributed by atoms with Gasteiger partial charge in [0.25, 0.3) is 0 Å². The third-order valence-electron chi connectivity index (χ3n) is 3.70. The van der Waals surface area contributed by atoms with E-state index in [4.69, 9.17) is 4.74 Å². The molecule has 0 amide bonds. The van der Waals surface area contributed by atoms with Gasteiger partial charge >= 0.3 is 0 Å². The van der Waals surface area contributed by atoms with Crippen LogP contribution in [0.15, 0.2) is 48.5 Å². The molecule has 104 valence electrons. The first-order chi connectivity index (χ1) is 9.78. The molecular weight excluding hydrogens is 253 g/mol. The predicted molar refractivity (Wildman–Crippen MR) is 77.4 cm³/mol. The van der Waals surface area contributed by atoms with Gasteiger partial charge in [0.05, 0.1) is 6.04 Å². The Kier molecular flexibility index (Phi) is 3.70. The monoisotopic (exact) mass is 271 g/mol. The fourth-order valence-corrected chi connectivity index (χ4v) is 2.75. The van der Waals surface area contributed by atoms with Crippen molar-refractivity contribution in [3.05, 3.63) is 65.5 Å². The van der Waals surface area contributed by atoms with Gasteiger partial charge in [0.15, 0.2) is 0 Å². The van der Waals surface area contributed by atoms with Crippen LogP contribution in [-0.2, 0) is 6.42 Å². The first-order valence-electron chi connectivity index (χ1n) is 7.01. The van der Waals surface area contributed by atoms with Gasteiger partial charge in [0.1, 0.15) is 17.7 Å². The normalized spacial score (nSPS) is 18.4. The van der Waals surface area contributed by atoms with Gasteiger partial charge in [-0.25, -0.2) is 4.39 Å². The van der Waals surface area contributed by atoms with E-state index in [1.54, 1.807) is 0 Å². The summed E-state index contributed by atoms with van der Waals surface area (Å²) < 4.78 is 19.1. The van der Waals surface area contributed by atoms with Crippen LogP contribution in [-0.4, -0.2) is 12.6 Å². The Bertz CT molecular complexity index is 557. The first kappa shape index (κ1) is 13.1. The Morgan fingerprint density at radius 1 is 1.20 bits per heavy atom. The molecule has 2 aromatic rings. The van der Waals surface area contributed by atoms with E-state index in [1.807, 2.05) is 30.3 Å². The number of hydrogen-bond acceptors (Lipinski definition) is 2. The van der Waals surface area contributed by atoms with Crippen molar-refractivity contribution in [2.75, 3.05) is 6.54 Å². The molecule has 0 aliphatic carbocycles. The lowest BCUT2D eigenvalue weighted by Gasteiger charge is -2.24. The summed E-state index contributed by atoms with van der Waals surface area (Å²) in [6.45, 7) is 2.91. The average Bonchev–Trinajstić information content (AvgIpc) is 2.89. The molecule has 1 aliphatic rings. The highest BCUT2D eigenvalue weighted by Gasteiger charge is 2.30. The van der Waals surface area contributed by atoms with Gasteiger partial charge in [-0.15, -0.1) is 0 Å². The van der Waals surface area contributed by atoms with Gasteiger partial charge in [-0.05, 0) is 35.9 Å². The highest BCUT2D eigenvalue weighted by molar-refractivity contribution is 5.38. The van der Waals surface area contributed by atoms with Crippen LogP contribution >= 0.6 is 0 Å². The summed E-state index contributed by atoms with van der Waals surface area (Å²) >= 11 is 0. The molecule has 1 heterocycles. The molecule has 3 heteroatoms. The van der Waals surface area contributed by atoms with Crippen LogP contribution in [0.4, 0.5) is 4.39 Å². The van der Waals surface area contributed by atoms with E-state index >= 15 is 0 Å². The lowest BCUT2D eigenvalue weighted by atomic mass is 9.97. The molecule has 0 saturated carbocycles. The lowest BCUT2D eigenvalue weighted by molar-refractivity contribution is 0.179. The quantitative estimate of drug-likeness (QED) is 0.919. The van der Waals surface area contributed by atoms with Gasteiger partial charge in [-0.2, -0.15) is 0 Å². The number of benzene rings is 2. The van der Waals surface area contributed by atoms with Crippen LogP contribution in [0.3, 0.4) is 0 Å². The average molecular weight is 271 g/mol. The fraction of sp³-hybridized carbons (Fsp3) is 0.294. The minimum atomic E-state index is -0.209. The first-order valence-corrected chi connectivity index (χ1v) is 7.01. The zero-order chi connectivity index (χ0) is 13.9. The Hall–Kier alpha value is -1.87. The highest BCUT2D eigenvalue weighted by atomic mass is 19.1. The minimum absolute atomic E-state index is 0.0535. The van der Waals surface area contributed by atoms with Crippen LogP contribution in [0, 0.1) is 5.82 Å². The van der Waals surface area contributed by atoms with Crippen LogP contribution < -0.4 is 10.1 Å². The molecule has 0 spiro atoms. The maximum atomic E-state index is 13.1. The van der Waals surface area contributed by atoms with Crippen molar-refractivity contribution in [1.29, 1.82) is 0 Å². The van der Waals surface area contributed by atoms with Gasteiger partial charge in [0.2, 0.25) is 0 Å². The summed E-state index contributed by atoms with van der Waals surface area (Å²) in [7, 11) is 0. The predicted octanol–water partition coefficient (Wildman–Crippen LogP) is 3.48. The van der Waals surface area contributed by atoms with E-state index in [1.165, 1.54) is 17.7 Å². The van der Waals surface area contributed by atoms with Crippen LogP contribution in [0.2, 0.25) is 0 Å². The third-order valence-corrected chi connectivity index (χ3v) is 3.70. The minimum Gasteiger partial charge on any atom is -0.488 e. The topological polar surface area (TPSA) is 21.3 Å². The second-order valence-electron chi connectivity index (χ2n) is 5.06. The zero-order valence-corrected chi connectivity index (χ0v) is 11.5. The number of halogens is 1. The SMILES string of the molecule is CCNC(c1ccc(F)cc1)C1Cc2ccccc2O1. The summed E-state index contributed by atoms with van der Waals surface area (Å²) in [6.07, 6.45) is 0.934. The molecule has 0 bridgehead atoms. The molecule has 1 N–H and O–H groups in total. The smallest absolute Gasteiger partial charge is 0.123 e. The highest BCUT2D eigenvalue weighted by Crippen LogP contribution is 2.34. The number of nitrogens with one attached hydrogen (secondary N) is 1. The summed E-state index contributed by atoms with van der Waals surface area (Å²) in [5, 5.41) is 3.45. The number of fused-ring (bicyclic) bond motifs is 1. The van der Waals surface area contributed by atoms with Crippen molar-refractivity contribution in [1.82, 2.24) is 5.32 Å². The molecule has 20 heavy (non-hydrogen) atoms. The number of hydrogen-bond donors (Lipinski definition) is 1. The molecule has 2 unspecified atom stereocenters. The summed E-state index contributed by atoms with van der Waals surface area (Å²) in [5.41, 5.74) is 2.30. The number of rotatable bonds is 4. The third kappa shape index (κ3) is 2.54. The van der Waals surface area contributed by atoms with Gasteiger partial charge < -0.3 is 10.1 Å². The van der Waals surface area contributed by atoms with E-state index in [0.29, 0.717) is 0 Å². The Morgan fingerprint density at radius 3 is 2.65 bits per heavy atom. The lowest BCUT2D eigenvalue weighted by Crippen LogP contribution is -2.34. The van der Waals surface area contributed by atoms with Crippen molar-refractivity contribution < 1.29 is 9.13 Å². The molecule has 0 fully saturated rings. The summed E-state index contributed by atoms with van der Waals surface area (Å²) in [4.78, 5) is 0. The fourth-order valence-electron chi connectivity index (χ4n) is 2.75. The van der Waals surface area contributed by atoms with Crippen LogP contribution in [0.25, 0.3) is 0 Å². The van der Waals surface area contributed by atoms with E-state index in [0.717, 1.165) is 24.3 Å². The number of ether oxygens (including phenoxy) is 1. The van der Waals surface area contributed by atoms with Crippen molar-refractivity contribution in [3.63, 3.8) is 0 Å². The Morgan fingerprint density at radius 2 is 1.95 bits per heavy atom. The Labute approximate surface area is 118 Å². The molecular formula is C17H18FNO. The zero-order valence-electron chi connectivity index (χ0n) is 11.5. The molecule has 2 atom stereocenters. The van der Waals surface area contributed by atoms with Gasteiger partial charge in [-0.3, -0.25) is 0 Å². The largest absolute Gasteiger partial charge is 0.488 e. The van der Waals surface area contributed by atoms with E-state index in [-0.39, 0.29) is 18.0 Å². The molecule has 0 aromatic heterocycles. The summed E-state index contributed by atoms with van der Waals surface area (Å²) in [6, 6.07) is 14.9. The van der Waals surface area contributed by atoms with Crippen LogP contribution in [0.1, 0.15) is 24.1 Å². The molecule has 1 aliphatic heterocycles. The second kappa shape index (κ2) is 5.63. The standard InChI is InChI=1S/C17H18FNO/c1-2-19-17(12-7-9-14(18)10-8-12)16-11-13-5-3-4-6-15(13)20-16/h3-10,16-17,19H,2,11H2,1H3. The molecule has 0 saturated heterocycles. The second-order valence-corrected chi connectivity index (χ2v) is 5.06. The van der Waals surface area contributed by atoms with E-state index < -0.39 is 0 Å². The van der Waals surface area contributed by atoms with Gasteiger partial charge in [-0.1, -0.05) is 37.3 Å². The van der Waals surface area contributed by atoms with Crippen molar-refractivity contribution in [3.8, 4) is 5.75 Å². The van der Waals surface area contributed by atoms with Crippen molar-refractivity contribution >= 4 is 0 Å². The summed E-state index contributed by atoms with van der Waals surface area (Å²) in [5.74, 6) is 0.752. The maximum Gasteiger partial charge on any atom is 0.123 e. The maximum absolute atomic E-state index is 13.1. The number of para-hydroxylation sites is 1. The number of likely N-dealkylation sites (N-methyl/N-ethyl adjacent to an activating group) is 1. The van der Waals surface area contributed by atoms with E-state index in [9.17, 15) is 4.39 Å². The Balaban J connectivity index is 1.84. The molecule has 3 rings (SSSR count). The van der Waals surface area contributed by atoms with E-state index in [2.05, 4.69) is 18.3 Å². The molecule has 2 aromatic carbocycles. The van der Waals surface area contributed by atoms with Gasteiger partial charge in [0, 0.05) is 6.42 Å². The van der Waals surface area contributed by atoms with Crippen molar-refractivity contribution in [2.24, 2.45) is 0 Å². The van der Waals surface area contributed by atoms with Crippen molar-refractivity contribution in [2.45, 2.75) is 25.5 Å². The molecule has 0 radical (unpaired) electrons.